The highest BCUT2D eigenvalue weighted by molar-refractivity contribution is 5.85. The van der Waals surface area contributed by atoms with Crippen LogP contribution in [0, 0.1) is 0 Å². The van der Waals surface area contributed by atoms with E-state index in [0.717, 1.165) is 38.9 Å². The van der Waals surface area contributed by atoms with E-state index >= 15 is 0 Å². The SMILES string of the molecule is CCN(CC)C(=O)C(C)N1CCCCC1C(C)=O. The van der Waals surface area contributed by atoms with Crippen LogP contribution in [0.2, 0.25) is 0 Å². The van der Waals surface area contributed by atoms with Crippen molar-refractivity contribution in [3.8, 4) is 0 Å². The van der Waals surface area contributed by atoms with Crippen molar-refractivity contribution in [2.75, 3.05) is 19.6 Å². The van der Waals surface area contributed by atoms with E-state index in [1.54, 1.807) is 6.92 Å². The van der Waals surface area contributed by atoms with Crippen molar-refractivity contribution in [2.45, 2.75) is 59.0 Å². The fourth-order valence-corrected chi connectivity index (χ4v) is 2.80. The summed E-state index contributed by atoms with van der Waals surface area (Å²) in [4.78, 5) is 28.0. The van der Waals surface area contributed by atoms with E-state index in [-0.39, 0.29) is 23.8 Å². The molecule has 1 saturated heterocycles. The summed E-state index contributed by atoms with van der Waals surface area (Å²) in [6.45, 7) is 9.88. The highest BCUT2D eigenvalue weighted by Crippen LogP contribution is 2.21. The smallest absolute Gasteiger partial charge is 0.239 e. The normalized spacial score (nSPS) is 22.6. The first kappa shape index (κ1) is 15.2. The van der Waals surface area contributed by atoms with Gasteiger partial charge in [-0.05, 0) is 47.1 Å². The summed E-state index contributed by atoms with van der Waals surface area (Å²) >= 11 is 0. The summed E-state index contributed by atoms with van der Waals surface area (Å²) in [6.07, 6.45) is 3.07. The van der Waals surface area contributed by atoms with Gasteiger partial charge in [-0.3, -0.25) is 14.5 Å². The third-order valence-corrected chi connectivity index (χ3v) is 3.94. The van der Waals surface area contributed by atoms with Crippen molar-refractivity contribution in [1.82, 2.24) is 9.80 Å². The maximum absolute atomic E-state index is 12.3. The number of carbonyl (C=O) groups excluding carboxylic acids is 2. The van der Waals surface area contributed by atoms with E-state index < -0.39 is 0 Å². The van der Waals surface area contributed by atoms with E-state index in [1.807, 2.05) is 25.7 Å². The quantitative estimate of drug-likeness (QED) is 0.749. The molecular formula is C14H26N2O2. The Balaban J connectivity index is 2.76. The second-order valence-electron chi connectivity index (χ2n) is 5.05. The van der Waals surface area contributed by atoms with Crippen molar-refractivity contribution < 1.29 is 9.59 Å². The second-order valence-corrected chi connectivity index (χ2v) is 5.05. The molecule has 2 unspecified atom stereocenters. The number of likely N-dealkylation sites (N-methyl/N-ethyl adjacent to an activating group) is 1. The minimum absolute atomic E-state index is 0.0618. The molecule has 0 saturated carbocycles. The van der Waals surface area contributed by atoms with E-state index in [4.69, 9.17) is 0 Å². The van der Waals surface area contributed by atoms with Crippen molar-refractivity contribution in [1.29, 1.82) is 0 Å². The molecule has 2 atom stereocenters. The van der Waals surface area contributed by atoms with Gasteiger partial charge in [0.2, 0.25) is 5.91 Å². The van der Waals surface area contributed by atoms with Crippen LogP contribution < -0.4 is 0 Å². The molecule has 18 heavy (non-hydrogen) atoms. The molecule has 104 valence electrons. The molecule has 0 radical (unpaired) electrons. The van der Waals surface area contributed by atoms with Crippen molar-refractivity contribution in [3.63, 3.8) is 0 Å². The van der Waals surface area contributed by atoms with Gasteiger partial charge in [0.1, 0.15) is 5.78 Å². The van der Waals surface area contributed by atoms with Crippen LogP contribution in [-0.4, -0.2) is 53.2 Å². The molecular weight excluding hydrogens is 228 g/mol. The number of carbonyl (C=O) groups is 2. The Bertz CT molecular complexity index is 300. The zero-order chi connectivity index (χ0) is 13.7. The van der Waals surface area contributed by atoms with E-state index in [0.29, 0.717) is 0 Å². The van der Waals surface area contributed by atoms with Crippen LogP contribution in [0.1, 0.15) is 47.0 Å². The Morgan fingerprint density at radius 3 is 2.39 bits per heavy atom. The van der Waals surface area contributed by atoms with Gasteiger partial charge in [-0.1, -0.05) is 6.42 Å². The number of rotatable bonds is 5. The maximum atomic E-state index is 12.3. The highest BCUT2D eigenvalue weighted by Gasteiger charge is 2.33. The van der Waals surface area contributed by atoms with Crippen molar-refractivity contribution in [3.05, 3.63) is 0 Å². The Kier molecular flexibility index (Phi) is 5.79. The lowest BCUT2D eigenvalue weighted by Gasteiger charge is -2.39. The zero-order valence-electron chi connectivity index (χ0n) is 12.1. The molecule has 1 fully saturated rings. The number of ketones is 1. The van der Waals surface area contributed by atoms with Gasteiger partial charge in [-0.15, -0.1) is 0 Å². The molecule has 1 rings (SSSR count). The van der Waals surface area contributed by atoms with E-state index in [2.05, 4.69) is 4.90 Å². The van der Waals surface area contributed by atoms with Crippen LogP contribution in [0.5, 0.6) is 0 Å². The van der Waals surface area contributed by atoms with Crippen molar-refractivity contribution in [2.24, 2.45) is 0 Å². The Labute approximate surface area is 110 Å². The van der Waals surface area contributed by atoms with E-state index in [9.17, 15) is 9.59 Å². The topological polar surface area (TPSA) is 40.6 Å². The molecule has 0 aliphatic carbocycles. The molecule has 1 aliphatic heterocycles. The maximum Gasteiger partial charge on any atom is 0.239 e. The fraction of sp³-hybridized carbons (Fsp3) is 0.857. The third kappa shape index (κ3) is 3.31. The molecule has 0 aromatic carbocycles. The van der Waals surface area contributed by atoms with Gasteiger partial charge >= 0.3 is 0 Å². The molecule has 1 aliphatic rings. The minimum Gasteiger partial charge on any atom is -0.342 e. The Morgan fingerprint density at radius 2 is 1.89 bits per heavy atom. The molecule has 0 aromatic heterocycles. The van der Waals surface area contributed by atoms with Gasteiger partial charge in [0.15, 0.2) is 0 Å². The van der Waals surface area contributed by atoms with Crippen LogP contribution >= 0.6 is 0 Å². The predicted molar refractivity (Wildman–Crippen MR) is 72.4 cm³/mol. The molecule has 4 heteroatoms. The number of amides is 1. The summed E-state index contributed by atoms with van der Waals surface area (Å²) in [5.41, 5.74) is 0. The van der Waals surface area contributed by atoms with Crippen LogP contribution in [0.4, 0.5) is 0 Å². The third-order valence-electron chi connectivity index (χ3n) is 3.94. The summed E-state index contributed by atoms with van der Waals surface area (Å²) in [6, 6.07) is -0.243. The van der Waals surface area contributed by atoms with Gasteiger partial charge in [0, 0.05) is 13.1 Å². The van der Waals surface area contributed by atoms with E-state index in [1.165, 1.54) is 0 Å². The largest absolute Gasteiger partial charge is 0.342 e. The Hall–Kier alpha value is -0.900. The average molecular weight is 254 g/mol. The average Bonchev–Trinajstić information content (AvgIpc) is 2.39. The molecule has 4 nitrogen and oxygen atoms in total. The lowest BCUT2D eigenvalue weighted by molar-refractivity contribution is -0.139. The molecule has 1 heterocycles. The fourth-order valence-electron chi connectivity index (χ4n) is 2.80. The number of nitrogens with zero attached hydrogens (tertiary/aromatic N) is 2. The summed E-state index contributed by atoms with van der Waals surface area (Å²) in [5.74, 6) is 0.335. The summed E-state index contributed by atoms with van der Waals surface area (Å²) in [5, 5.41) is 0. The molecule has 0 N–H and O–H groups in total. The van der Waals surface area contributed by atoms with Gasteiger partial charge in [-0.2, -0.15) is 0 Å². The molecule has 1 amide bonds. The first-order valence-electron chi connectivity index (χ1n) is 7.07. The zero-order valence-corrected chi connectivity index (χ0v) is 12.1. The number of piperidine rings is 1. The number of hydrogen-bond donors (Lipinski definition) is 0. The van der Waals surface area contributed by atoms with Gasteiger partial charge in [0.25, 0.3) is 0 Å². The number of hydrogen-bond acceptors (Lipinski definition) is 3. The molecule has 0 spiro atoms. The van der Waals surface area contributed by atoms with Crippen LogP contribution in [0.25, 0.3) is 0 Å². The van der Waals surface area contributed by atoms with Crippen LogP contribution in [0.3, 0.4) is 0 Å². The lowest BCUT2D eigenvalue weighted by atomic mass is 9.97. The lowest BCUT2D eigenvalue weighted by Crippen LogP contribution is -2.54. The number of Topliss-reactive ketones (excluding diaryl/α,β-unsaturated/α-hetero) is 1. The van der Waals surface area contributed by atoms with Crippen LogP contribution in [-0.2, 0) is 9.59 Å². The summed E-state index contributed by atoms with van der Waals surface area (Å²) < 4.78 is 0. The predicted octanol–water partition coefficient (Wildman–Crippen LogP) is 1.69. The molecule has 0 bridgehead atoms. The minimum atomic E-state index is -0.181. The molecule has 0 aromatic rings. The highest BCUT2D eigenvalue weighted by atomic mass is 16.2. The van der Waals surface area contributed by atoms with Gasteiger partial charge in [0.05, 0.1) is 12.1 Å². The standard InChI is InChI=1S/C14H26N2O2/c1-5-15(6-2)14(18)11(3)16-10-8-7-9-13(16)12(4)17/h11,13H,5-10H2,1-4H3. The summed E-state index contributed by atoms with van der Waals surface area (Å²) in [7, 11) is 0. The Morgan fingerprint density at radius 1 is 1.28 bits per heavy atom. The van der Waals surface area contributed by atoms with Crippen LogP contribution in [0.15, 0.2) is 0 Å². The first-order chi connectivity index (χ1) is 8.52. The van der Waals surface area contributed by atoms with Gasteiger partial charge < -0.3 is 4.90 Å². The monoisotopic (exact) mass is 254 g/mol. The number of likely N-dealkylation sites (tertiary alicyclic amines) is 1. The first-order valence-corrected chi connectivity index (χ1v) is 7.07. The van der Waals surface area contributed by atoms with Gasteiger partial charge in [-0.25, -0.2) is 0 Å². The van der Waals surface area contributed by atoms with Crippen molar-refractivity contribution >= 4 is 11.7 Å². The second kappa shape index (κ2) is 6.88.